The van der Waals surface area contributed by atoms with E-state index in [2.05, 4.69) is 4.98 Å². The number of halogens is 4. The first-order chi connectivity index (χ1) is 6.06. The molecule has 0 aromatic carbocycles. The molecule has 13 heavy (non-hydrogen) atoms. The van der Waals surface area contributed by atoms with Crippen LogP contribution in [0, 0.1) is 9.52 Å². The van der Waals surface area contributed by atoms with Gasteiger partial charge in [0, 0.05) is 21.7 Å². The molecule has 0 unspecified atom stereocenters. The van der Waals surface area contributed by atoms with E-state index in [1.165, 1.54) is 0 Å². The molecule has 1 heterocycles. The van der Waals surface area contributed by atoms with E-state index in [-0.39, 0.29) is 21.4 Å². The fourth-order valence-corrected chi connectivity index (χ4v) is 1.59. The smallest absolute Gasteiger partial charge is 0.265 e. The average molecular weight is 302 g/mol. The van der Waals surface area contributed by atoms with Crippen LogP contribution in [0.25, 0.3) is 0 Å². The predicted octanol–water partition coefficient (Wildman–Crippen LogP) is 2.22. The fourth-order valence-electron chi connectivity index (χ4n) is 0.863. The predicted molar refractivity (Wildman–Crippen MR) is 49.8 cm³/mol. The van der Waals surface area contributed by atoms with E-state index >= 15 is 0 Å². The molecule has 2 N–H and O–H groups in total. The zero-order valence-corrected chi connectivity index (χ0v) is 8.56. The Balaban J connectivity index is 3.27. The van der Waals surface area contributed by atoms with Gasteiger partial charge in [0.25, 0.3) is 6.43 Å². The van der Waals surface area contributed by atoms with E-state index in [0.717, 1.165) is 6.07 Å². The van der Waals surface area contributed by atoms with Crippen LogP contribution in [0.4, 0.5) is 13.2 Å². The minimum Gasteiger partial charge on any atom is -0.325 e. The van der Waals surface area contributed by atoms with Gasteiger partial charge in [-0.1, -0.05) is 0 Å². The molecule has 0 atom stereocenters. The molecule has 0 saturated carbocycles. The summed E-state index contributed by atoms with van der Waals surface area (Å²) in [7, 11) is 0. The summed E-state index contributed by atoms with van der Waals surface area (Å²) in [4.78, 5) is 3.40. The number of pyridine rings is 1. The molecule has 0 fully saturated rings. The highest BCUT2D eigenvalue weighted by Gasteiger charge is 2.16. The van der Waals surface area contributed by atoms with Gasteiger partial charge < -0.3 is 5.73 Å². The number of alkyl halides is 2. The molecule has 1 aromatic heterocycles. The van der Waals surface area contributed by atoms with Crippen molar-refractivity contribution in [3.05, 3.63) is 26.8 Å². The maximum absolute atomic E-state index is 12.7. The van der Waals surface area contributed by atoms with Gasteiger partial charge in [0.1, 0.15) is 0 Å². The molecule has 0 amide bonds. The van der Waals surface area contributed by atoms with E-state index in [1.54, 1.807) is 22.6 Å². The molecule has 1 aromatic rings. The summed E-state index contributed by atoms with van der Waals surface area (Å²) in [6.07, 6.45) is -2.70. The molecule has 0 bridgehead atoms. The van der Waals surface area contributed by atoms with Gasteiger partial charge >= 0.3 is 0 Å². The number of aromatic nitrogens is 1. The summed E-state index contributed by atoms with van der Waals surface area (Å²) in [6, 6.07) is 0.728. The quantitative estimate of drug-likeness (QED) is 0.672. The second-order valence-corrected chi connectivity index (χ2v) is 3.38. The van der Waals surface area contributed by atoms with Gasteiger partial charge in [-0.25, -0.2) is 13.8 Å². The third-order valence-electron chi connectivity index (χ3n) is 1.45. The van der Waals surface area contributed by atoms with Crippen LogP contribution in [-0.2, 0) is 6.54 Å². The maximum Gasteiger partial charge on any atom is 0.265 e. The molecule has 0 aliphatic heterocycles. The third kappa shape index (κ3) is 2.31. The van der Waals surface area contributed by atoms with E-state index in [4.69, 9.17) is 5.73 Å². The lowest BCUT2D eigenvalue weighted by atomic mass is 10.2. The molecule has 1 rings (SSSR count). The van der Waals surface area contributed by atoms with Gasteiger partial charge in [0.2, 0.25) is 5.95 Å². The first-order valence-corrected chi connectivity index (χ1v) is 4.47. The molecule has 0 radical (unpaired) electrons. The monoisotopic (exact) mass is 302 g/mol. The molecule has 0 aliphatic rings. The second kappa shape index (κ2) is 4.23. The lowest BCUT2D eigenvalue weighted by Gasteiger charge is -2.06. The zero-order chi connectivity index (χ0) is 10.0. The highest BCUT2D eigenvalue weighted by molar-refractivity contribution is 14.1. The number of nitrogens with two attached hydrogens (primary N) is 1. The standard InChI is InChI=1S/C7H6F3IN2/c8-5-1-3(7(9)10)6(11)4(2-12)13-5/h1,7H,2,12H2. The van der Waals surface area contributed by atoms with Crippen molar-refractivity contribution in [3.8, 4) is 0 Å². The van der Waals surface area contributed by atoms with Crippen molar-refractivity contribution >= 4 is 22.6 Å². The van der Waals surface area contributed by atoms with E-state index in [1.807, 2.05) is 0 Å². The Morgan fingerprint density at radius 3 is 2.62 bits per heavy atom. The summed E-state index contributed by atoms with van der Waals surface area (Å²) < 4.78 is 37.5. The summed E-state index contributed by atoms with van der Waals surface area (Å²) in [5.41, 5.74) is 5.02. The maximum atomic E-state index is 12.7. The lowest BCUT2D eigenvalue weighted by molar-refractivity contribution is 0.149. The van der Waals surface area contributed by atoms with Crippen LogP contribution in [0.1, 0.15) is 17.7 Å². The van der Waals surface area contributed by atoms with Crippen LogP contribution in [0.2, 0.25) is 0 Å². The first-order valence-electron chi connectivity index (χ1n) is 3.39. The Morgan fingerprint density at radius 2 is 2.15 bits per heavy atom. The number of rotatable bonds is 2. The molecule has 0 aliphatic carbocycles. The normalized spacial score (nSPS) is 10.9. The summed E-state index contributed by atoms with van der Waals surface area (Å²) in [6.45, 7) is -0.0459. The summed E-state index contributed by atoms with van der Waals surface area (Å²) in [5, 5.41) is 0. The lowest BCUT2D eigenvalue weighted by Crippen LogP contribution is -2.07. The minimum absolute atomic E-state index is 0.0459. The Labute approximate surface area is 86.5 Å². The van der Waals surface area contributed by atoms with Crippen LogP contribution < -0.4 is 5.73 Å². The van der Waals surface area contributed by atoms with Crippen LogP contribution in [0.3, 0.4) is 0 Å². The minimum atomic E-state index is -2.70. The van der Waals surface area contributed by atoms with E-state index < -0.39 is 12.4 Å². The van der Waals surface area contributed by atoms with Gasteiger partial charge in [-0.15, -0.1) is 0 Å². The van der Waals surface area contributed by atoms with Crippen molar-refractivity contribution in [3.63, 3.8) is 0 Å². The number of hydrogen-bond donors (Lipinski definition) is 1. The Hall–Kier alpha value is -0.370. The van der Waals surface area contributed by atoms with Crippen LogP contribution in [0.5, 0.6) is 0 Å². The molecule has 0 saturated heterocycles. The number of nitrogens with zero attached hydrogens (tertiary/aromatic N) is 1. The number of hydrogen-bond acceptors (Lipinski definition) is 2. The Bertz CT molecular complexity index is 317. The van der Waals surface area contributed by atoms with E-state index in [9.17, 15) is 13.2 Å². The van der Waals surface area contributed by atoms with Crippen molar-refractivity contribution in [1.82, 2.24) is 4.98 Å². The summed E-state index contributed by atoms with van der Waals surface area (Å²) >= 11 is 1.68. The van der Waals surface area contributed by atoms with Crippen LogP contribution in [0.15, 0.2) is 6.07 Å². The zero-order valence-electron chi connectivity index (χ0n) is 6.40. The van der Waals surface area contributed by atoms with Gasteiger partial charge in [-0.05, 0) is 22.6 Å². The Morgan fingerprint density at radius 1 is 1.54 bits per heavy atom. The highest BCUT2D eigenvalue weighted by Crippen LogP contribution is 2.26. The highest BCUT2D eigenvalue weighted by atomic mass is 127. The SMILES string of the molecule is NCc1nc(F)cc(C(F)F)c1I. The molecule has 6 heteroatoms. The molecule has 72 valence electrons. The topological polar surface area (TPSA) is 38.9 Å². The molecule has 0 spiro atoms. The van der Waals surface area contributed by atoms with Crippen molar-refractivity contribution in [2.24, 2.45) is 5.73 Å². The molecular weight excluding hydrogens is 296 g/mol. The fraction of sp³-hybridized carbons (Fsp3) is 0.286. The molecule has 2 nitrogen and oxygen atoms in total. The first kappa shape index (κ1) is 10.7. The van der Waals surface area contributed by atoms with Crippen LogP contribution >= 0.6 is 22.6 Å². The Kier molecular flexibility index (Phi) is 3.48. The largest absolute Gasteiger partial charge is 0.325 e. The molecular formula is C7H6F3IN2. The second-order valence-electron chi connectivity index (χ2n) is 2.30. The van der Waals surface area contributed by atoms with Crippen molar-refractivity contribution in [2.45, 2.75) is 13.0 Å². The third-order valence-corrected chi connectivity index (χ3v) is 2.70. The van der Waals surface area contributed by atoms with Crippen LogP contribution in [-0.4, -0.2) is 4.98 Å². The van der Waals surface area contributed by atoms with Crippen molar-refractivity contribution in [1.29, 1.82) is 0 Å². The van der Waals surface area contributed by atoms with Gasteiger partial charge in [0.15, 0.2) is 0 Å². The summed E-state index contributed by atoms with van der Waals surface area (Å²) in [5.74, 6) is -0.920. The average Bonchev–Trinajstić information content (AvgIpc) is 2.08. The van der Waals surface area contributed by atoms with Crippen molar-refractivity contribution < 1.29 is 13.2 Å². The van der Waals surface area contributed by atoms with Gasteiger partial charge in [0.05, 0.1) is 5.69 Å². The van der Waals surface area contributed by atoms with Gasteiger partial charge in [-0.3, -0.25) is 0 Å². The van der Waals surface area contributed by atoms with Gasteiger partial charge in [-0.2, -0.15) is 4.39 Å². The van der Waals surface area contributed by atoms with Crippen molar-refractivity contribution in [2.75, 3.05) is 0 Å². The van der Waals surface area contributed by atoms with E-state index in [0.29, 0.717) is 0 Å².